The molecule has 0 aliphatic heterocycles. The van der Waals surface area contributed by atoms with Gasteiger partial charge in [0.25, 0.3) is 17.7 Å². The second-order valence-electron chi connectivity index (χ2n) is 5.85. The highest BCUT2D eigenvalue weighted by Crippen LogP contribution is 2.18. The Kier molecular flexibility index (Phi) is 5.89. The molecule has 1 heterocycles. The molecule has 0 spiro atoms. The molecule has 0 aliphatic carbocycles. The highest BCUT2D eigenvalue weighted by molar-refractivity contribution is 6.31. The zero-order chi connectivity index (χ0) is 21.0. The Morgan fingerprint density at radius 2 is 1.59 bits per heavy atom. The summed E-state index contributed by atoms with van der Waals surface area (Å²) in [4.78, 5) is 42.7. The van der Waals surface area contributed by atoms with E-state index >= 15 is 0 Å². The Balaban J connectivity index is 1.67. The number of carbonyl (C=O) groups is 3. The van der Waals surface area contributed by atoms with E-state index in [0.717, 1.165) is 12.1 Å². The highest BCUT2D eigenvalue weighted by atomic mass is 35.5. The van der Waals surface area contributed by atoms with E-state index in [-0.39, 0.29) is 22.0 Å². The van der Waals surface area contributed by atoms with Crippen molar-refractivity contribution in [3.8, 4) is 0 Å². The number of anilines is 2. The summed E-state index contributed by atoms with van der Waals surface area (Å²) < 4.78 is 13.4. The van der Waals surface area contributed by atoms with Gasteiger partial charge in [-0.05, 0) is 42.5 Å². The van der Waals surface area contributed by atoms with Crippen molar-refractivity contribution in [1.82, 2.24) is 15.3 Å². The molecule has 148 valence electrons. The maximum Gasteiger partial charge on any atom is 0.276 e. The van der Waals surface area contributed by atoms with Gasteiger partial charge in [0.2, 0.25) is 0 Å². The quantitative estimate of drug-likeness (QED) is 0.512. The number of rotatable bonds is 5. The van der Waals surface area contributed by atoms with Crippen LogP contribution in [0.1, 0.15) is 31.3 Å². The van der Waals surface area contributed by atoms with Crippen molar-refractivity contribution >= 4 is 40.7 Å². The number of carbonyl (C=O) groups excluding carboxylic acids is 3. The fraction of sp³-hybridized carbons (Fsp3) is 0.0526. The summed E-state index contributed by atoms with van der Waals surface area (Å²) in [6.45, 7) is 0. The molecular weight excluding hydrogens is 401 g/mol. The van der Waals surface area contributed by atoms with E-state index in [1.807, 2.05) is 0 Å². The lowest BCUT2D eigenvalue weighted by molar-refractivity contribution is 0.0943. The molecule has 3 amide bonds. The molecule has 8 nitrogen and oxygen atoms in total. The summed E-state index contributed by atoms with van der Waals surface area (Å²) in [6, 6.07) is 9.74. The van der Waals surface area contributed by atoms with E-state index in [2.05, 4.69) is 25.9 Å². The number of nitrogens with one attached hydrogen (secondary N) is 4. The Bertz CT molecular complexity index is 1060. The van der Waals surface area contributed by atoms with E-state index in [1.165, 1.54) is 19.4 Å². The first-order valence-electron chi connectivity index (χ1n) is 8.31. The van der Waals surface area contributed by atoms with Crippen LogP contribution in [0, 0.1) is 5.82 Å². The van der Waals surface area contributed by atoms with Gasteiger partial charge in [-0.15, -0.1) is 0 Å². The first kappa shape index (κ1) is 20.0. The van der Waals surface area contributed by atoms with Gasteiger partial charge in [0, 0.05) is 29.0 Å². The first-order chi connectivity index (χ1) is 13.9. The van der Waals surface area contributed by atoms with Crippen molar-refractivity contribution in [2.24, 2.45) is 0 Å². The smallest absolute Gasteiger partial charge is 0.276 e. The van der Waals surface area contributed by atoms with Crippen LogP contribution in [0.25, 0.3) is 0 Å². The summed E-state index contributed by atoms with van der Waals surface area (Å²) in [6.07, 6.45) is 1.25. The van der Waals surface area contributed by atoms with E-state index in [0.29, 0.717) is 11.4 Å². The summed E-state index contributed by atoms with van der Waals surface area (Å²) >= 11 is 5.76. The Labute approximate surface area is 169 Å². The van der Waals surface area contributed by atoms with Crippen LogP contribution in [0.5, 0.6) is 0 Å². The summed E-state index contributed by atoms with van der Waals surface area (Å²) in [5.74, 6) is -2.19. The minimum absolute atomic E-state index is 0.0441. The van der Waals surface area contributed by atoms with Crippen LogP contribution in [0.2, 0.25) is 5.02 Å². The van der Waals surface area contributed by atoms with Gasteiger partial charge in [-0.3, -0.25) is 14.4 Å². The molecule has 0 aliphatic rings. The standard InChI is InChI=1S/C19H15ClFN5O3/c1-22-18(28)15-16(24-9-23-15)19(29)26-14-4-2-13(3-5-14)25-17(27)10-6-11(20)8-12(21)7-10/h2-9H,1H3,(H,22,28)(H,23,24)(H,25,27)(H,26,29). The van der Waals surface area contributed by atoms with Gasteiger partial charge in [0.15, 0.2) is 5.69 Å². The molecule has 0 unspecified atom stereocenters. The number of aromatic amines is 1. The van der Waals surface area contributed by atoms with Crippen molar-refractivity contribution in [3.63, 3.8) is 0 Å². The zero-order valence-corrected chi connectivity index (χ0v) is 15.8. The highest BCUT2D eigenvalue weighted by Gasteiger charge is 2.19. The molecule has 0 atom stereocenters. The zero-order valence-electron chi connectivity index (χ0n) is 15.0. The fourth-order valence-electron chi connectivity index (χ4n) is 2.48. The van der Waals surface area contributed by atoms with Gasteiger partial charge in [-0.1, -0.05) is 11.6 Å². The Morgan fingerprint density at radius 3 is 2.17 bits per heavy atom. The summed E-state index contributed by atoms with van der Waals surface area (Å²) in [7, 11) is 1.44. The number of nitrogens with zero attached hydrogens (tertiary/aromatic N) is 1. The minimum Gasteiger partial charge on any atom is -0.354 e. The predicted molar refractivity (Wildman–Crippen MR) is 106 cm³/mol. The topological polar surface area (TPSA) is 116 Å². The average molecular weight is 416 g/mol. The normalized spacial score (nSPS) is 10.3. The van der Waals surface area contributed by atoms with E-state index < -0.39 is 23.5 Å². The number of H-pyrrole nitrogens is 1. The van der Waals surface area contributed by atoms with Crippen molar-refractivity contribution in [1.29, 1.82) is 0 Å². The number of halogens is 2. The monoisotopic (exact) mass is 415 g/mol. The van der Waals surface area contributed by atoms with E-state index in [9.17, 15) is 18.8 Å². The molecular formula is C19H15ClFN5O3. The maximum atomic E-state index is 13.4. The molecule has 0 bridgehead atoms. The van der Waals surface area contributed by atoms with Gasteiger partial charge < -0.3 is 20.9 Å². The molecule has 2 aromatic carbocycles. The average Bonchev–Trinajstić information content (AvgIpc) is 3.18. The SMILES string of the molecule is CNC(=O)c1[nH]cnc1C(=O)Nc1ccc(NC(=O)c2cc(F)cc(Cl)c2)cc1. The van der Waals surface area contributed by atoms with Gasteiger partial charge in [0.1, 0.15) is 11.5 Å². The van der Waals surface area contributed by atoms with Crippen LogP contribution < -0.4 is 16.0 Å². The van der Waals surface area contributed by atoms with Gasteiger partial charge >= 0.3 is 0 Å². The molecule has 0 fully saturated rings. The van der Waals surface area contributed by atoms with Crippen molar-refractivity contribution < 1.29 is 18.8 Å². The number of benzene rings is 2. The van der Waals surface area contributed by atoms with Crippen LogP contribution >= 0.6 is 11.6 Å². The van der Waals surface area contributed by atoms with Crippen molar-refractivity contribution in [3.05, 3.63) is 76.6 Å². The van der Waals surface area contributed by atoms with E-state index in [1.54, 1.807) is 24.3 Å². The van der Waals surface area contributed by atoms with Gasteiger partial charge in [0.05, 0.1) is 6.33 Å². The molecule has 10 heteroatoms. The van der Waals surface area contributed by atoms with Crippen LogP contribution in [-0.4, -0.2) is 34.7 Å². The van der Waals surface area contributed by atoms with Crippen LogP contribution in [-0.2, 0) is 0 Å². The van der Waals surface area contributed by atoms with Gasteiger partial charge in [-0.25, -0.2) is 9.37 Å². The van der Waals surface area contributed by atoms with Crippen molar-refractivity contribution in [2.75, 3.05) is 17.7 Å². The molecule has 29 heavy (non-hydrogen) atoms. The Hall–Kier alpha value is -3.72. The summed E-state index contributed by atoms with van der Waals surface area (Å²) in [5.41, 5.74) is 0.923. The third-order valence-corrected chi connectivity index (χ3v) is 4.05. The van der Waals surface area contributed by atoms with E-state index in [4.69, 9.17) is 11.6 Å². The second-order valence-corrected chi connectivity index (χ2v) is 6.29. The number of aromatic nitrogens is 2. The number of hydrogen-bond donors (Lipinski definition) is 4. The molecule has 3 aromatic rings. The van der Waals surface area contributed by atoms with Crippen LogP contribution in [0.4, 0.5) is 15.8 Å². The predicted octanol–water partition coefficient (Wildman–Crippen LogP) is 3.07. The molecule has 0 saturated heterocycles. The molecule has 0 saturated carbocycles. The molecule has 0 radical (unpaired) electrons. The van der Waals surface area contributed by atoms with Crippen LogP contribution in [0.15, 0.2) is 48.8 Å². The largest absolute Gasteiger partial charge is 0.354 e. The lowest BCUT2D eigenvalue weighted by Gasteiger charge is -2.08. The lowest BCUT2D eigenvalue weighted by atomic mass is 10.2. The van der Waals surface area contributed by atoms with Gasteiger partial charge in [-0.2, -0.15) is 0 Å². The van der Waals surface area contributed by atoms with Crippen LogP contribution in [0.3, 0.4) is 0 Å². The fourth-order valence-corrected chi connectivity index (χ4v) is 2.70. The molecule has 3 rings (SSSR count). The molecule has 4 N–H and O–H groups in total. The number of amides is 3. The number of hydrogen-bond acceptors (Lipinski definition) is 4. The molecule has 1 aromatic heterocycles. The Morgan fingerprint density at radius 1 is 0.966 bits per heavy atom. The third kappa shape index (κ3) is 4.77. The minimum atomic E-state index is -0.616. The third-order valence-electron chi connectivity index (χ3n) is 3.83. The summed E-state index contributed by atoms with van der Waals surface area (Å²) in [5, 5.41) is 7.74. The second kappa shape index (κ2) is 8.53. The lowest BCUT2D eigenvalue weighted by Crippen LogP contribution is -2.23. The maximum absolute atomic E-state index is 13.4. The first-order valence-corrected chi connectivity index (χ1v) is 8.69. The van der Waals surface area contributed by atoms with Crippen molar-refractivity contribution in [2.45, 2.75) is 0 Å². The number of imidazole rings is 1.